The van der Waals surface area contributed by atoms with Crippen LogP contribution < -0.4 is 9.42 Å². The van der Waals surface area contributed by atoms with Gasteiger partial charge < -0.3 is 4.74 Å². The Morgan fingerprint density at radius 3 is 2.73 bits per heavy atom. The molecule has 78 valence electrons. The van der Waals surface area contributed by atoms with Crippen LogP contribution >= 0.6 is 0 Å². The highest BCUT2D eigenvalue weighted by Crippen LogP contribution is 2.12. The van der Waals surface area contributed by atoms with Crippen LogP contribution in [-0.2, 0) is 7.05 Å². The van der Waals surface area contributed by atoms with Crippen molar-refractivity contribution in [3.05, 3.63) is 18.2 Å². The second kappa shape index (κ2) is 3.64. The molecule has 0 fully saturated rings. The van der Waals surface area contributed by atoms with Gasteiger partial charge in [0.25, 0.3) is 0 Å². The molecule has 0 aliphatic heterocycles. The van der Waals surface area contributed by atoms with Crippen LogP contribution in [0, 0.1) is 6.92 Å². The van der Waals surface area contributed by atoms with E-state index in [4.69, 9.17) is 4.74 Å². The summed E-state index contributed by atoms with van der Waals surface area (Å²) in [5, 5.41) is 3.06. The molecule has 0 radical (unpaired) electrons. The maximum absolute atomic E-state index is 4.99. The van der Waals surface area contributed by atoms with Gasteiger partial charge in [-0.15, -0.1) is 0 Å². The number of H-pyrrole nitrogens is 1. The summed E-state index contributed by atoms with van der Waals surface area (Å²) in [6.07, 6.45) is 3.19. The number of nitrogens with zero attached hydrogens (tertiary/aromatic N) is 4. The monoisotopic (exact) mass is 206 g/mol. The number of nitrogens with one attached hydrogen (secondary N) is 1. The van der Waals surface area contributed by atoms with E-state index in [9.17, 15) is 0 Å². The Morgan fingerprint density at radius 2 is 2.13 bits per heavy atom. The summed E-state index contributed by atoms with van der Waals surface area (Å²) in [6, 6.07) is 0. The Kier molecular flexibility index (Phi) is 2.32. The fourth-order valence-electron chi connectivity index (χ4n) is 1.18. The summed E-state index contributed by atoms with van der Waals surface area (Å²) in [5.74, 6) is 2.04. The maximum Gasteiger partial charge on any atom is 0.316 e. The number of aromatic amines is 1. The highest BCUT2D eigenvalue weighted by molar-refractivity contribution is 5.46. The summed E-state index contributed by atoms with van der Waals surface area (Å²) >= 11 is 0. The van der Waals surface area contributed by atoms with Gasteiger partial charge in [0.2, 0.25) is 5.88 Å². The molecule has 0 aliphatic rings. The fraction of sp³-hybridized carbons (Fsp3) is 0.333. The van der Waals surface area contributed by atoms with Crippen LogP contribution in [0.5, 0.6) is 5.88 Å². The van der Waals surface area contributed by atoms with Crippen molar-refractivity contribution in [2.75, 3.05) is 7.11 Å². The number of hydrogen-bond donors (Lipinski definition) is 1. The van der Waals surface area contributed by atoms with Crippen LogP contribution in [0.3, 0.4) is 0 Å². The lowest BCUT2D eigenvalue weighted by Crippen LogP contribution is -2.32. The van der Waals surface area contributed by atoms with Crippen molar-refractivity contribution < 1.29 is 9.42 Å². The van der Waals surface area contributed by atoms with E-state index in [0.29, 0.717) is 17.4 Å². The molecule has 2 aromatic heterocycles. The summed E-state index contributed by atoms with van der Waals surface area (Å²) < 4.78 is 6.81. The molecule has 0 spiro atoms. The van der Waals surface area contributed by atoms with E-state index >= 15 is 0 Å². The van der Waals surface area contributed by atoms with E-state index in [1.54, 1.807) is 19.5 Å². The molecule has 2 aromatic rings. The molecule has 0 aromatic carbocycles. The first-order valence-electron chi connectivity index (χ1n) is 4.49. The molecule has 0 unspecified atom stereocenters. The molecule has 6 heteroatoms. The number of hydrogen-bond acceptors (Lipinski definition) is 4. The molecule has 2 heterocycles. The molecule has 6 nitrogen and oxygen atoms in total. The Balaban J connectivity index is 2.44. The van der Waals surface area contributed by atoms with E-state index in [2.05, 4.69) is 20.1 Å². The zero-order chi connectivity index (χ0) is 10.8. The number of rotatable bonds is 2. The predicted molar refractivity (Wildman–Crippen MR) is 52.1 cm³/mol. The van der Waals surface area contributed by atoms with Gasteiger partial charge in [0.05, 0.1) is 19.5 Å². The molecule has 0 bridgehead atoms. The molecular formula is C9H12N5O+. The second-order valence-corrected chi connectivity index (χ2v) is 3.13. The summed E-state index contributed by atoms with van der Waals surface area (Å²) in [4.78, 5) is 12.5. The Hall–Kier alpha value is -1.98. The van der Waals surface area contributed by atoms with Crippen molar-refractivity contribution in [3.63, 3.8) is 0 Å². The van der Waals surface area contributed by atoms with Gasteiger partial charge in [-0.3, -0.25) is 4.98 Å². The Labute approximate surface area is 87.0 Å². The largest absolute Gasteiger partial charge is 0.480 e. The predicted octanol–water partition coefficient (Wildman–Crippen LogP) is 0.00822. The minimum atomic E-state index is 0.476. The highest BCUT2D eigenvalue weighted by Gasteiger charge is 2.15. The van der Waals surface area contributed by atoms with Crippen LogP contribution in [0.15, 0.2) is 12.4 Å². The molecule has 0 atom stereocenters. The lowest BCUT2D eigenvalue weighted by atomic mass is 10.4. The average molecular weight is 206 g/mol. The van der Waals surface area contributed by atoms with Crippen LogP contribution in [0.25, 0.3) is 11.5 Å². The number of aromatic nitrogens is 5. The van der Waals surface area contributed by atoms with Crippen molar-refractivity contribution in [3.8, 4) is 17.4 Å². The summed E-state index contributed by atoms with van der Waals surface area (Å²) in [5.41, 5.74) is 0.665. The van der Waals surface area contributed by atoms with Gasteiger partial charge in [-0.1, -0.05) is 0 Å². The third-order valence-electron chi connectivity index (χ3n) is 2.10. The van der Waals surface area contributed by atoms with Gasteiger partial charge in [-0.2, -0.15) is 9.78 Å². The standard InChI is InChI=1S/C9H11N5O/c1-6-11-9(13-14(6)2)7-4-10-5-8(12-7)15-3/h4-5H,1-3H3/p+1. The van der Waals surface area contributed by atoms with Crippen molar-refractivity contribution in [2.24, 2.45) is 7.05 Å². The Morgan fingerprint density at radius 1 is 1.33 bits per heavy atom. The first-order chi connectivity index (χ1) is 7.20. The average Bonchev–Trinajstić information content (AvgIpc) is 2.59. The first kappa shape index (κ1) is 9.57. The minimum Gasteiger partial charge on any atom is -0.480 e. The van der Waals surface area contributed by atoms with Crippen molar-refractivity contribution >= 4 is 0 Å². The molecule has 2 rings (SSSR count). The van der Waals surface area contributed by atoms with Gasteiger partial charge in [-0.25, -0.2) is 4.98 Å². The topological polar surface area (TPSA) is 67.6 Å². The highest BCUT2D eigenvalue weighted by atomic mass is 16.5. The molecule has 15 heavy (non-hydrogen) atoms. The van der Waals surface area contributed by atoms with E-state index < -0.39 is 0 Å². The van der Waals surface area contributed by atoms with E-state index in [1.807, 2.05) is 18.7 Å². The van der Waals surface area contributed by atoms with Crippen LogP contribution in [-0.4, -0.2) is 27.2 Å². The molecular weight excluding hydrogens is 194 g/mol. The summed E-state index contributed by atoms with van der Waals surface area (Å²) in [6.45, 7) is 1.91. The number of ether oxygens (including phenoxy) is 1. The maximum atomic E-state index is 4.99. The van der Waals surface area contributed by atoms with E-state index in [0.717, 1.165) is 5.82 Å². The third-order valence-corrected chi connectivity index (χ3v) is 2.10. The molecule has 1 N–H and O–H groups in total. The van der Waals surface area contributed by atoms with Gasteiger partial charge in [0.15, 0.2) is 5.69 Å². The van der Waals surface area contributed by atoms with Crippen molar-refractivity contribution in [1.29, 1.82) is 0 Å². The molecule has 0 aliphatic carbocycles. The molecule has 0 amide bonds. The van der Waals surface area contributed by atoms with Gasteiger partial charge >= 0.3 is 11.6 Å². The molecule has 0 saturated heterocycles. The van der Waals surface area contributed by atoms with Crippen LogP contribution in [0.4, 0.5) is 0 Å². The zero-order valence-corrected chi connectivity index (χ0v) is 8.85. The fourth-order valence-corrected chi connectivity index (χ4v) is 1.18. The van der Waals surface area contributed by atoms with Gasteiger partial charge in [-0.05, 0) is 4.98 Å². The second-order valence-electron chi connectivity index (χ2n) is 3.13. The minimum absolute atomic E-state index is 0.476. The van der Waals surface area contributed by atoms with Crippen molar-refractivity contribution in [1.82, 2.24) is 20.1 Å². The first-order valence-corrected chi connectivity index (χ1v) is 4.49. The normalized spacial score (nSPS) is 10.3. The SMILES string of the molecule is COc1cncc(-c2nc(C)[n+](C)[nH]2)n1. The van der Waals surface area contributed by atoms with Crippen LogP contribution in [0.2, 0.25) is 0 Å². The smallest absolute Gasteiger partial charge is 0.316 e. The van der Waals surface area contributed by atoms with Gasteiger partial charge in [0.1, 0.15) is 7.05 Å². The quantitative estimate of drug-likeness (QED) is 0.703. The lowest BCUT2D eigenvalue weighted by molar-refractivity contribution is -0.733. The van der Waals surface area contributed by atoms with Crippen molar-refractivity contribution in [2.45, 2.75) is 6.92 Å². The zero-order valence-electron chi connectivity index (χ0n) is 8.85. The number of methoxy groups -OCH3 is 1. The summed E-state index contributed by atoms with van der Waals surface area (Å²) in [7, 11) is 3.45. The third kappa shape index (κ3) is 1.78. The number of aryl methyl sites for hydroxylation is 2. The van der Waals surface area contributed by atoms with E-state index in [1.165, 1.54) is 0 Å². The Bertz CT molecular complexity index is 460. The molecule has 0 saturated carbocycles. The van der Waals surface area contributed by atoms with Gasteiger partial charge in [0, 0.05) is 6.92 Å². The van der Waals surface area contributed by atoms with E-state index in [-0.39, 0.29) is 0 Å². The lowest BCUT2D eigenvalue weighted by Gasteiger charge is -1.96. The van der Waals surface area contributed by atoms with Crippen LogP contribution in [0.1, 0.15) is 5.82 Å².